The van der Waals surface area contributed by atoms with Crippen LogP contribution in [0.1, 0.15) is 43.4 Å². The quantitative estimate of drug-likeness (QED) is 0.818. The Bertz CT molecular complexity index is 587. The Morgan fingerprint density at radius 2 is 2.25 bits per heavy atom. The lowest BCUT2D eigenvalue weighted by molar-refractivity contribution is 0.624. The average molecular weight is 273 g/mol. The molecule has 1 aromatic heterocycles. The fraction of sp³-hybridized carbons (Fsp3) is 0.438. The molecule has 1 saturated carbocycles. The molecule has 1 aromatic carbocycles. The summed E-state index contributed by atoms with van der Waals surface area (Å²) < 4.78 is 15.3. The van der Waals surface area contributed by atoms with Crippen LogP contribution in [0, 0.1) is 5.82 Å². The molecule has 20 heavy (non-hydrogen) atoms. The van der Waals surface area contributed by atoms with E-state index in [-0.39, 0.29) is 5.82 Å². The van der Waals surface area contributed by atoms with Gasteiger partial charge in [-0.1, -0.05) is 13.0 Å². The third-order valence-electron chi connectivity index (χ3n) is 3.65. The summed E-state index contributed by atoms with van der Waals surface area (Å²) in [5.74, 6) is 0.365. The second-order valence-corrected chi connectivity index (χ2v) is 5.40. The van der Waals surface area contributed by atoms with Gasteiger partial charge in [0.25, 0.3) is 0 Å². The highest BCUT2D eigenvalue weighted by Gasteiger charge is 2.30. The molecule has 1 fully saturated rings. The lowest BCUT2D eigenvalue weighted by Crippen LogP contribution is -2.15. The van der Waals surface area contributed by atoms with Gasteiger partial charge in [-0.25, -0.2) is 9.07 Å². The number of halogens is 1. The zero-order valence-corrected chi connectivity index (χ0v) is 11.8. The van der Waals surface area contributed by atoms with Gasteiger partial charge in [-0.3, -0.25) is 0 Å². The van der Waals surface area contributed by atoms with Crippen molar-refractivity contribution < 1.29 is 4.39 Å². The van der Waals surface area contributed by atoms with Crippen LogP contribution in [-0.4, -0.2) is 16.3 Å². The monoisotopic (exact) mass is 273 g/mol. The van der Waals surface area contributed by atoms with Gasteiger partial charge in [-0.2, -0.15) is 5.10 Å². The lowest BCUT2D eigenvalue weighted by atomic mass is 10.1. The second kappa shape index (κ2) is 5.75. The van der Waals surface area contributed by atoms with E-state index in [1.54, 1.807) is 12.1 Å². The fourth-order valence-electron chi connectivity index (χ4n) is 2.53. The molecule has 1 N–H and O–H groups in total. The van der Waals surface area contributed by atoms with Crippen molar-refractivity contribution in [3.63, 3.8) is 0 Å². The topological polar surface area (TPSA) is 29.9 Å². The van der Waals surface area contributed by atoms with E-state index in [1.165, 1.54) is 30.2 Å². The molecule has 0 aliphatic heterocycles. The molecule has 106 valence electrons. The van der Waals surface area contributed by atoms with Crippen molar-refractivity contribution in [2.45, 2.75) is 38.6 Å². The molecule has 0 bridgehead atoms. The Labute approximate surface area is 118 Å². The van der Waals surface area contributed by atoms with E-state index >= 15 is 0 Å². The van der Waals surface area contributed by atoms with Gasteiger partial charge in [0.2, 0.25) is 0 Å². The van der Waals surface area contributed by atoms with Gasteiger partial charge in [0.1, 0.15) is 5.82 Å². The Morgan fingerprint density at radius 3 is 2.95 bits per heavy atom. The molecule has 3 rings (SSSR count). The van der Waals surface area contributed by atoms with Crippen LogP contribution in [0.4, 0.5) is 4.39 Å². The van der Waals surface area contributed by atoms with Gasteiger partial charge in [0.05, 0.1) is 17.6 Å². The number of aromatic nitrogens is 2. The number of rotatable bonds is 6. The maximum Gasteiger partial charge on any atom is 0.125 e. The summed E-state index contributed by atoms with van der Waals surface area (Å²) in [4.78, 5) is 0. The van der Waals surface area contributed by atoms with Crippen molar-refractivity contribution in [3.05, 3.63) is 47.5 Å². The standard InChI is InChI=1S/C16H20FN3/c1-2-8-18-10-13-11-19-20(16(13)12-6-7-12)15-5-3-4-14(17)9-15/h3-5,9,11-12,18H,2,6-8,10H2,1H3. The highest BCUT2D eigenvalue weighted by Crippen LogP contribution is 2.42. The molecule has 1 heterocycles. The van der Waals surface area contributed by atoms with Crippen LogP contribution in [0.15, 0.2) is 30.5 Å². The molecule has 0 amide bonds. The molecule has 0 radical (unpaired) electrons. The first-order valence-electron chi connectivity index (χ1n) is 7.33. The summed E-state index contributed by atoms with van der Waals surface area (Å²) in [7, 11) is 0. The van der Waals surface area contributed by atoms with Crippen LogP contribution < -0.4 is 5.32 Å². The lowest BCUT2D eigenvalue weighted by Gasteiger charge is -2.09. The third kappa shape index (κ3) is 2.75. The number of nitrogens with zero attached hydrogens (tertiary/aromatic N) is 2. The molecule has 1 aliphatic rings. The van der Waals surface area contributed by atoms with Gasteiger partial charge >= 0.3 is 0 Å². The van der Waals surface area contributed by atoms with Crippen LogP contribution in [0.5, 0.6) is 0 Å². The summed E-state index contributed by atoms with van der Waals surface area (Å²) in [5, 5.41) is 7.90. The first kappa shape index (κ1) is 13.3. The van der Waals surface area contributed by atoms with Crippen molar-refractivity contribution in [3.8, 4) is 5.69 Å². The Hall–Kier alpha value is -1.68. The van der Waals surface area contributed by atoms with Gasteiger partial charge in [0.15, 0.2) is 0 Å². The summed E-state index contributed by atoms with van der Waals surface area (Å²) in [5.41, 5.74) is 3.30. The SMILES string of the molecule is CCCNCc1cnn(-c2cccc(F)c2)c1C1CC1. The van der Waals surface area contributed by atoms with Crippen LogP contribution >= 0.6 is 0 Å². The third-order valence-corrected chi connectivity index (χ3v) is 3.65. The summed E-state index contributed by atoms with van der Waals surface area (Å²) in [6.07, 6.45) is 5.46. The van der Waals surface area contributed by atoms with Crippen LogP contribution in [0.2, 0.25) is 0 Å². The predicted octanol–water partition coefficient (Wildman–Crippen LogP) is 3.39. The van der Waals surface area contributed by atoms with E-state index in [9.17, 15) is 4.39 Å². The van der Waals surface area contributed by atoms with Crippen molar-refractivity contribution in [2.75, 3.05) is 6.54 Å². The van der Waals surface area contributed by atoms with Crippen molar-refractivity contribution in [1.29, 1.82) is 0 Å². The Morgan fingerprint density at radius 1 is 1.40 bits per heavy atom. The number of benzene rings is 1. The number of nitrogens with one attached hydrogen (secondary N) is 1. The molecule has 0 spiro atoms. The largest absolute Gasteiger partial charge is 0.313 e. The zero-order valence-electron chi connectivity index (χ0n) is 11.8. The first-order chi connectivity index (χ1) is 9.79. The van der Waals surface area contributed by atoms with E-state index in [4.69, 9.17) is 0 Å². The van der Waals surface area contributed by atoms with Gasteiger partial charge in [0, 0.05) is 18.0 Å². The number of hydrogen-bond acceptors (Lipinski definition) is 2. The molecule has 0 atom stereocenters. The molecule has 1 aliphatic carbocycles. The van der Waals surface area contributed by atoms with E-state index in [0.717, 1.165) is 25.2 Å². The highest BCUT2D eigenvalue weighted by molar-refractivity contribution is 5.38. The average Bonchev–Trinajstić information content (AvgIpc) is 3.20. The molecule has 2 aromatic rings. The minimum absolute atomic E-state index is 0.217. The van der Waals surface area contributed by atoms with Gasteiger partial charge in [-0.05, 0) is 44.0 Å². The summed E-state index contributed by atoms with van der Waals surface area (Å²) >= 11 is 0. The molecule has 0 unspecified atom stereocenters. The fourth-order valence-corrected chi connectivity index (χ4v) is 2.53. The Balaban J connectivity index is 1.91. The van der Waals surface area contributed by atoms with Crippen molar-refractivity contribution >= 4 is 0 Å². The highest BCUT2D eigenvalue weighted by atomic mass is 19.1. The van der Waals surface area contributed by atoms with E-state index in [2.05, 4.69) is 17.3 Å². The van der Waals surface area contributed by atoms with Crippen LogP contribution in [0.3, 0.4) is 0 Å². The maximum atomic E-state index is 13.4. The van der Waals surface area contributed by atoms with E-state index in [0.29, 0.717) is 5.92 Å². The molecular formula is C16H20FN3. The number of hydrogen-bond donors (Lipinski definition) is 1. The molecule has 3 nitrogen and oxygen atoms in total. The maximum absolute atomic E-state index is 13.4. The summed E-state index contributed by atoms with van der Waals surface area (Å²) in [6.45, 7) is 4.01. The van der Waals surface area contributed by atoms with Crippen LogP contribution in [0.25, 0.3) is 5.69 Å². The first-order valence-corrected chi connectivity index (χ1v) is 7.33. The van der Waals surface area contributed by atoms with Crippen molar-refractivity contribution in [2.24, 2.45) is 0 Å². The predicted molar refractivity (Wildman–Crippen MR) is 77.5 cm³/mol. The summed E-state index contributed by atoms with van der Waals surface area (Å²) in [6, 6.07) is 6.65. The minimum atomic E-state index is -0.217. The molecular weight excluding hydrogens is 253 g/mol. The van der Waals surface area contributed by atoms with E-state index in [1.807, 2.05) is 16.9 Å². The molecule has 4 heteroatoms. The van der Waals surface area contributed by atoms with Gasteiger partial charge < -0.3 is 5.32 Å². The molecule has 0 saturated heterocycles. The second-order valence-electron chi connectivity index (χ2n) is 5.40. The zero-order chi connectivity index (χ0) is 13.9. The Kier molecular flexibility index (Phi) is 3.83. The normalized spacial score (nSPS) is 14.7. The van der Waals surface area contributed by atoms with E-state index < -0.39 is 0 Å². The van der Waals surface area contributed by atoms with Crippen LogP contribution in [-0.2, 0) is 6.54 Å². The smallest absolute Gasteiger partial charge is 0.125 e. The minimum Gasteiger partial charge on any atom is -0.313 e. The van der Waals surface area contributed by atoms with Crippen molar-refractivity contribution in [1.82, 2.24) is 15.1 Å². The van der Waals surface area contributed by atoms with Gasteiger partial charge in [-0.15, -0.1) is 0 Å².